The summed E-state index contributed by atoms with van der Waals surface area (Å²) >= 11 is 0. The Hall–Kier alpha value is -0.960. The van der Waals surface area contributed by atoms with Gasteiger partial charge in [-0.15, -0.1) is 0 Å². The largest absolute Gasteiger partial charge is 0.314 e. The fourth-order valence-corrected chi connectivity index (χ4v) is 2.04. The van der Waals surface area contributed by atoms with E-state index in [2.05, 4.69) is 15.3 Å². The lowest BCUT2D eigenvalue weighted by molar-refractivity contribution is 0.583. The molecule has 2 rings (SSSR count). The van der Waals surface area contributed by atoms with Crippen molar-refractivity contribution in [2.75, 3.05) is 6.54 Å². The van der Waals surface area contributed by atoms with E-state index in [1.165, 1.54) is 12.8 Å². The van der Waals surface area contributed by atoms with E-state index in [1.54, 1.807) is 0 Å². The highest BCUT2D eigenvalue weighted by Crippen LogP contribution is 2.10. The predicted octanol–water partition coefficient (Wildman–Crippen LogP) is 1.39. The number of aryl methyl sites for hydroxylation is 2. The molecule has 1 atom stereocenters. The van der Waals surface area contributed by atoms with Crippen LogP contribution in [-0.4, -0.2) is 22.6 Å². The molecule has 1 aliphatic rings. The minimum atomic E-state index is 0.594. The van der Waals surface area contributed by atoms with Gasteiger partial charge < -0.3 is 5.32 Å². The molecule has 1 aromatic rings. The maximum Gasteiger partial charge on any atom is 0.130 e. The zero-order chi connectivity index (χ0) is 9.97. The summed E-state index contributed by atoms with van der Waals surface area (Å²) in [4.78, 5) is 8.89. The highest BCUT2D eigenvalue weighted by Gasteiger charge is 2.15. The Balaban J connectivity index is 2.07. The number of hydrogen-bond donors (Lipinski definition) is 1. The van der Waals surface area contributed by atoms with E-state index in [9.17, 15) is 0 Å². The molecule has 14 heavy (non-hydrogen) atoms. The Kier molecular flexibility index (Phi) is 2.77. The van der Waals surface area contributed by atoms with Gasteiger partial charge in [-0.25, -0.2) is 9.97 Å². The Morgan fingerprint density at radius 2 is 2.07 bits per heavy atom. The average Bonchev–Trinajstić information content (AvgIpc) is 2.54. The Morgan fingerprint density at radius 3 is 2.64 bits per heavy atom. The van der Waals surface area contributed by atoms with Crippen molar-refractivity contribution in [3.8, 4) is 0 Å². The topological polar surface area (TPSA) is 37.8 Å². The highest BCUT2D eigenvalue weighted by atomic mass is 15.0. The van der Waals surface area contributed by atoms with Gasteiger partial charge in [-0.05, 0) is 39.3 Å². The normalized spacial score (nSPS) is 21.4. The van der Waals surface area contributed by atoms with Gasteiger partial charge in [-0.2, -0.15) is 0 Å². The van der Waals surface area contributed by atoms with Crippen molar-refractivity contribution in [3.05, 3.63) is 23.3 Å². The smallest absolute Gasteiger partial charge is 0.130 e. The fraction of sp³-hybridized carbons (Fsp3) is 0.636. The van der Waals surface area contributed by atoms with Crippen LogP contribution >= 0.6 is 0 Å². The van der Waals surface area contributed by atoms with E-state index < -0.39 is 0 Å². The first kappa shape index (κ1) is 9.59. The van der Waals surface area contributed by atoms with Gasteiger partial charge in [0, 0.05) is 23.9 Å². The van der Waals surface area contributed by atoms with Gasteiger partial charge in [0.2, 0.25) is 0 Å². The van der Waals surface area contributed by atoms with Crippen LogP contribution in [0.4, 0.5) is 0 Å². The first-order chi connectivity index (χ1) is 6.74. The lowest BCUT2D eigenvalue weighted by Crippen LogP contribution is -2.24. The third-order valence-electron chi connectivity index (χ3n) is 2.62. The van der Waals surface area contributed by atoms with Crippen LogP contribution in [0, 0.1) is 13.8 Å². The van der Waals surface area contributed by atoms with E-state index in [4.69, 9.17) is 0 Å². The van der Waals surface area contributed by atoms with Crippen molar-refractivity contribution in [2.24, 2.45) is 0 Å². The molecule has 0 spiro atoms. The summed E-state index contributed by atoms with van der Waals surface area (Å²) in [7, 11) is 0. The quantitative estimate of drug-likeness (QED) is 0.767. The van der Waals surface area contributed by atoms with E-state index in [1.807, 2.05) is 19.9 Å². The first-order valence-corrected chi connectivity index (χ1v) is 5.28. The summed E-state index contributed by atoms with van der Waals surface area (Å²) in [5.74, 6) is 0.988. The van der Waals surface area contributed by atoms with Gasteiger partial charge in [0.15, 0.2) is 0 Å². The molecule has 1 aromatic heterocycles. The molecule has 76 valence electrons. The maximum atomic E-state index is 4.45. The number of aromatic nitrogens is 2. The van der Waals surface area contributed by atoms with Gasteiger partial charge in [0.25, 0.3) is 0 Å². The van der Waals surface area contributed by atoms with Crippen molar-refractivity contribution in [1.29, 1.82) is 0 Å². The van der Waals surface area contributed by atoms with Gasteiger partial charge in [0.1, 0.15) is 5.82 Å². The molecular weight excluding hydrogens is 174 g/mol. The third kappa shape index (κ3) is 2.29. The Labute approximate surface area is 85.0 Å². The molecule has 1 saturated heterocycles. The number of nitrogens with zero attached hydrogens (tertiary/aromatic N) is 2. The van der Waals surface area contributed by atoms with Crippen LogP contribution in [-0.2, 0) is 6.42 Å². The van der Waals surface area contributed by atoms with Crippen LogP contribution in [0.2, 0.25) is 0 Å². The minimum Gasteiger partial charge on any atom is -0.314 e. The summed E-state index contributed by atoms with van der Waals surface area (Å²) in [6, 6.07) is 2.61. The van der Waals surface area contributed by atoms with E-state index in [-0.39, 0.29) is 0 Å². The third-order valence-corrected chi connectivity index (χ3v) is 2.62. The number of rotatable bonds is 2. The van der Waals surface area contributed by atoms with Crippen LogP contribution in [0.1, 0.15) is 30.1 Å². The van der Waals surface area contributed by atoms with Crippen LogP contribution in [0.15, 0.2) is 6.07 Å². The second kappa shape index (κ2) is 4.05. The lowest BCUT2D eigenvalue weighted by Gasteiger charge is -2.09. The highest BCUT2D eigenvalue weighted by molar-refractivity contribution is 5.09. The summed E-state index contributed by atoms with van der Waals surface area (Å²) in [6.07, 6.45) is 3.52. The van der Waals surface area contributed by atoms with E-state index in [0.29, 0.717) is 6.04 Å². The fourth-order valence-electron chi connectivity index (χ4n) is 2.04. The zero-order valence-corrected chi connectivity index (χ0v) is 8.88. The molecule has 0 amide bonds. The molecule has 0 aliphatic carbocycles. The summed E-state index contributed by atoms with van der Waals surface area (Å²) in [6.45, 7) is 5.20. The maximum absolute atomic E-state index is 4.45. The summed E-state index contributed by atoms with van der Waals surface area (Å²) < 4.78 is 0. The number of hydrogen-bond acceptors (Lipinski definition) is 3. The van der Waals surface area contributed by atoms with Gasteiger partial charge in [-0.3, -0.25) is 0 Å². The van der Waals surface area contributed by atoms with Crippen LogP contribution in [0.5, 0.6) is 0 Å². The van der Waals surface area contributed by atoms with Crippen LogP contribution in [0.3, 0.4) is 0 Å². The molecular formula is C11H17N3. The van der Waals surface area contributed by atoms with Gasteiger partial charge in [-0.1, -0.05) is 0 Å². The van der Waals surface area contributed by atoms with Gasteiger partial charge >= 0.3 is 0 Å². The molecule has 1 unspecified atom stereocenters. The summed E-state index contributed by atoms with van der Waals surface area (Å²) in [5, 5.41) is 3.46. The molecule has 2 heterocycles. The lowest BCUT2D eigenvalue weighted by atomic mass is 10.1. The minimum absolute atomic E-state index is 0.594. The zero-order valence-electron chi connectivity index (χ0n) is 8.88. The second-order valence-corrected chi connectivity index (χ2v) is 4.06. The van der Waals surface area contributed by atoms with Crippen molar-refractivity contribution in [3.63, 3.8) is 0 Å². The predicted molar refractivity (Wildman–Crippen MR) is 56.2 cm³/mol. The van der Waals surface area contributed by atoms with E-state index >= 15 is 0 Å². The molecule has 0 aromatic carbocycles. The molecule has 0 saturated carbocycles. The van der Waals surface area contributed by atoms with Crippen molar-refractivity contribution in [2.45, 2.75) is 39.2 Å². The molecule has 1 N–H and O–H groups in total. The summed E-state index contributed by atoms with van der Waals surface area (Å²) in [5.41, 5.74) is 2.15. The monoisotopic (exact) mass is 191 g/mol. The molecule has 1 fully saturated rings. The Morgan fingerprint density at radius 1 is 1.36 bits per heavy atom. The average molecular weight is 191 g/mol. The molecule has 0 radical (unpaired) electrons. The van der Waals surface area contributed by atoms with Crippen LogP contribution < -0.4 is 5.32 Å². The van der Waals surface area contributed by atoms with Gasteiger partial charge in [0.05, 0.1) is 0 Å². The van der Waals surface area contributed by atoms with E-state index in [0.717, 1.165) is 30.2 Å². The molecule has 3 heteroatoms. The van der Waals surface area contributed by atoms with Crippen molar-refractivity contribution >= 4 is 0 Å². The molecule has 1 aliphatic heterocycles. The van der Waals surface area contributed by atoms with Crippen molar-refractivity contribution < 1.29 is 0 Å². The molecule has 3 nitrogen and oxygen atoms in total. The Bertz CT molecular complexity index is 296. The van der Waals surface area contributed by atoms with Crippen molar-refractivity contribution in [1.82, 2.24) is 15.3 Å². The molecule has 0 bridgehead atoms. The van der Waals surface area contributed by atoms with Crippen LogP contribution in [0.25, 0.3) is 0 Å². The standard InChI is InChI=1S/C11H17N3/c1-8-6-9(2)14-11(13-8)7-10-4-3-5-12-10/h6,10,12H,3-5,7H2,1-2H3. The first-order valence-electron chi connectivity index (χ1n) is 5.28. The SMILES string of the molecule is Cc1cc(C)nc(CC2CCCN2)n1. The number of nitrogens with one attached hydrogen (secondary N) is 1. The second-order valence-electron chi connectivity index (χ2n) is 4.06.